The molecule has 4 rings (SSSR count). The maximum absolute atomic E-state index is 13.0. The second kappa shape index (κ2) is 11.0. The molecule has 0 aliphatic carbocycles. The van der Waals surface area contributed by atoms with Crippen molar-refractivity contribution < 1.29 is 43.6 Å². The molecule has 18 heteroatoms. The molecule has 2 aromatic rings. The third-order valence-corrected chi connectivity index (χ3v) is 7.54. The third kappa shape index (κ3) is 5.50. The zero-order valence-corrected chi connectivity index (χ0v) is 21.7. The van der Waals surface area contributed by atoms with Crippen molar-refractivity contribution in [1.29, 1.82) is 0 Å². The van der Waals surface area contributed by atoms with Gasteiger partial charge in [-0.25, -0.2) is 4.57 Å². The Balaban J connectivity index is 1.56. The van der Waals surface area contributed by atoms with Gasteiger partial charge >= 0.3 is 5.97 Å². The molecule has 39 heavy (non-hydrogen) atoms. The Labute approximate surface area is 227 Å². The monoisotopic (exact) mass is 576 g/mol. The number of carbonyl (C=O) groups is 5. The highest BCUT2D eigenvalue weighted by Crippen LogP contribution is 2.40. The number of hydrogen-bond acceptors (Lipinski definition) is 13. The van der Waals surface area contributed by atoms with E-state index < -0.39 is 47.5 Å². The molecule has 204 valence electrons. The summed E-state index contributed by atoms with van der Waals surface area (Å²) in [7, 11) is 1.21. The standard InChI is InChI=1S/C21H20N8O8S2/c1-37-26-12(16-25-21(23)39-27-16)17(33)24-13-18(34)29-14(20(35)36)9(7-38-19(13)29)6-28-3-2-10(15(22)32)8(5-28)4-11(30)31/h2-3,5,13,19H,4,6-7H2,1H3,(H6-,22,23,24,25,27,30,31,32,33,35,36)/b26-12-/t13-,19-/m1/s1. The molecule has 1 fully saturated rings. The van der Waals surface area contributed by atoms with Crippen molar-refractivity contribution >= 4 is 63.8 Å². The van der Waals surface area contributed by atoms with Gasteiger partial charge in [0.25, 0.3) is 11.8 Å². The number of nitrogens with two attached hydrogens (primary N) is 2. The Hall–Kier alpha value is -4.58. The molecular formula is C21H20N8O8S2. The molecule has 2 aliphatic heterocycles. The van der Waals surface area contributed by atoms with Crippen LogP contribution in [0.4, 0.5) is 5.13 Å². The van der Waals surface area contributed by atoms with Crippen molar-refractivity contribution in [3.05, 3.63) is 46.7 Å². The van der Waals surface area contributed by atoms with E-state index in [0.29, 0.717) is 5.57 Å². The second-order valence-corrected chi connectivity index (χ2v) is 10.1. The first-order valence-electron chi connectivity index (χ1n) is 10.9. The summed E-state index contributed by atoms with van der Waals surface area (Å²) in [5.74, 6) is -5.07. The molecule has 4 heterocycles. The van der Waals surface area contributed by atoms with E-state index in [-0.39, 0.29) is 45.8 Å². The number of thioether (sulfide) groups is 1. The molecule has 1 saturated heterocycles. The van der Waals surface area contributed by atoms with Crippen molar-refractivity contribution in [2.45, 2.75) is 24.4 Å². The van der Waals surface area contributed by atoms with E-state index >= 15 is 0 Å². The van der Waals surface area contributed by atoms with Gasteiger partial charge in [-0.3, -0.25) is 24.1 Å². The van der Waals surface area contributed by atoms with Crippen LogP contribution in [-0.2, 0) is 37.0 Å². The lowest BCUT2D eigenvalue weighted by atomic mass is 10.0. The maximum atomic E-state index is 13.0. The van der Waals surface area contributed by atoms with Gasteiger partial charge in [-0.1, -0.05) is 5.16 Å². The number of carboxylic acids is 2. The minimum Gasteiger partial charge on any atom is -0.543 e. The number of aliphatic carboxylic acids is 2. The summed E-state index contributed by atoms with van der Waals surface area (Å²) in [5, 5.41) is 26.7. The zero-order chi connectivity index (χ0) is 28.4. The summed E-state index contributed by atoms with van der Waals surface area (Å²) in [4.78, 5) is 70.4. The van der Waals surface area contributed by atoms with Gasteiger partial charge in [0.15, 0.2) is 24.1 Å². The van der Waals surface area contributed by atoms with E-state index in [1.165, 1.54) is 41.9 Å². The number of β-lactam (4-membered cyclic amide) rings is 1. The van der Waals surface area contributed by atoms with Gasteiger partial charge in [-0.15, -0.1) is 11.8 Å². The van der Waals surface area contributed by atoms with Gasteiger partial charge < -0.3 is 36.6 Å². The highest BCUT2D eigenvalue weighted by Gasteiger charge is 2.53. The smallest absolute Gasteiger partial charge is 0.308 e. The van der Waals surface area contributed by atoms with Crippen molar-refractivity contribution in [2.24, 2.45) is 10.9 Å². The lowest BCUT2D eigenvalue weighted by Gasteiger charge is -2.50. The quantitative estimate of drug-likeness (QED) is 0.0935. The molecule has 2 aliphatic rings. The first kappa shape index (κ1) is 27.5. The minimum absolute atomic E-state index is 0.0178. The van der Waals surface area contributed by atoms with Crippen molar-refractivity contribution in [3.63, 3.8) is 0 Å². The van der Waals surface area contributed by atoms with Crippen molar-refractivity contribution in [1.82, 2.24) is 19.6 Å². The largest absolute Gasteiger partial charge is 0.543 e. The van der Waals surface area contributed by atoms with Gasteiger partial charge in [0.1, 0.15) is 18.5 Å². The fourth-order valence-corrected chi connectivity index (χ4v) is 5.83. The number of carbonyl (C=O) groups excluding carboxylic acids is 4. The van der Waals surface area contributed by atoms with Gasteiger partial charge in [0.05, 0.1) is 23.7 Å². The zero-order valence-electron chi connectivity index (χ0n) is 20.0. The van der Waals surface area contributed by atoms with Crippen LogP contribution in [0.25, 0.3) is 0 Å². The molecule has 6 N–H and O–H groups in total. The minimum atomic E-state index is -1.60. The molecule has 0 bridgehead atoms. The number of hydrogen-bond donors (Lipinski definition) is 4. The summed E-state index contributed by atoms with van der Waals surface area (Å²) in [6.07, 6.45) is 2.34. The number of nitrogens with zero attached hydrogens (tertiary/aromatic N) is 5. The summed E-state index contributed by atoms with van der Waals surface area (Å²) < 4.78 is 5.39. The van der Waals surface area contributed by atoms with Crippen LogP contribution in [0.1, 0.15) is 21.7 Å². The Morgan fingerprint density at radius 2 is 2.13 bits per heavy atom. The average molecular weight is 577 g/mol. The number of nitrogen functional groups attached to an aromatic ring is 1. The normalized spacial score (nSPS) is 18.7. The summed E-state index contributed by atoms with van der Waals surface area (Å²) in [5.41, 5.74) is 10.7. The number of rotatable bonds is 10. The number of nitrogens with one attached hydrogen (secondary N) is 1. The Bertz CT molecular complexity index is 1460. The molecule has 0 unspecified atom stereocenters. The SMILES string of the molecule is CO/N=C(\C(=O)N[C@@H]1C(=O)N2C(C(=O)[O-])=C(C[n+]3ccc(C(N)=O)c(CC(=O)O)c3)CS[C@H]12)c1nsc(N)n1. The number of anilines is 1. The van der Waals surface area contributed by atoms with Gasteiger partial charge in [0, 0.05) is 34.5 Å². The van der Waals surface area contributed by atoms with Crippen molar-refractivity contribution in [2.75, 3.05) is 18.6 Å². The molecular weight excluding hydrogens is 556 g/mol. The van der Waals surface area contributed by atoms with E-state index in [0.717, 1.165) is 16.4 Å². The first-order valence-corrected chi connectivity index (χ1v) is 12.8. The number of fused-ring (bicyclic) bond motifs is 1. The predicted molar refractivity (Wildman–Crippen MR) is 131 cm³/mol. The number of pyridine rings is 1. The fraction of sp³-hybridized carbons (Fsp3) is 0.286. The van der Waals surface area contributed by atoms with E-state index in [9.17, 15) is 29.1 Å². The number of oxime groups is 1. The van der Waals surface area contributed by atoms with E-state index in [4.69, 9.17) is 16.6 Å². The summed E-state index contributed by atoms with van der Waals surface area (Å²) >= 11 is 2.03. The van der Waals surface area contributed by atoms with Crippen LogP contribution < -0.4 is 26.5 Å². The predicted octanol–water partition coefficient (Wildman–Crippen LogP) is -3.41. The lowest BCUT2D eigenvalue weighted by molar-refractivity contribution is -0.689. The highest BCUT2D eigenvalue weighted by molar-refractivity contribution is 8.00. The lowest BCUT2D eigenvalue weighted by Crippen LogP contribution is -2.71. The summed E-state index contributed by atoms with van der Waals surface area (Å²) in [6, 6.07) is 0.254. The van der Waals surface area contributed by atoms with Crippen LogP contribution in [0, 0.1) is 0 Å². The van der Waals surface area contributed by atoms with E-state index in [1.807, 2.05) is 0 Å². The van der Waals surface area contributed by atoms with Gasteiger partial charge in [-0.2, -0.15) is 9.36 Å². The number of amides is 3. The van der Waals surface area contributed by atoms with E-state index in [1.54, 1.807) is 0 Å². The maximum Gasteiger partial charge on any atom is 0.308 e. The van der Waals surface area contributed by atoms with Gasteiger partial charge in [0.2, 0.25) is 17.4 Å². The Morgan fingerprint density at radius 3 is 2.72 bits per heavy atom. The van der Waals surface area contributed by atoms with Crippen molar-refractivity contribution in [3.8, 4) is 0 Å². The fourth-order valence-electron chi connectivity index (χ4n) is 4.06. The second-order valence-electron chi connectivity index (χ2n) is 8.17. The third-order valence-electron chi connectivity index (χ3n) is 5.66. The topological polar surface area (TPSA) is 247 Å². The van der Waals surface area contributed by atoms with E-state index in [2.05, 4.69) is 24.7 Å². The Morgan fingerprint density at radius 1 is 1.38 bits per heavy atom. The molecule has 0 spiro atoms. The van der Waals surface area contributed by atoms with Crippen LogP contribution >= 0.6 is 23.3 Å². The average Bonchev–Trinajstić information content (AvgIpc) is 3.30. The number of carboxylic acid groups (broad SMARTS) is 2. The number of aromatic nitrogens is 3. The highest BCUT2D eigenvalue weighted by atomic mass is 32.2. The van der Waals surface area contributed by atoms with Crippen LogP contribution in [0.5, 0.6) is 0 Å². The molecule has 0 saturated carbocycles. The van der Waals surface area contributed by atoms with Gasteiger partial charge in [-0.05, 0) is 0 Å². The van der Waals surface area contributed by atoms with Crippen LogP contribution in [0.2, 0.25) is 0 Å². The molecule has 0 radical (unpaired) electrons. The molecule has 2 atom stereocenters. The van der Waals surface area contributed by atoms with Crippen LogP contribution in [-0.4, -0.2) is 79.0 Å². The van der Waals surface area contributed by atoms with Crippen LogP contribution in [0.15, 0.2) is 34.9 Å². The molecule has 3 amide bonds. The first-order chi connectivity index (χ1) is 18.5. The molecule has 0 aromatic carbocycles. The number of primary amides is 1. The summed E-state index contributed by atoms with van der Waals surface area (Å²) in [6.45, 7) is -0.0446. The molecule has 2 aromatic heterocycles. The Kier molecular flexibility index (Phi) is 7.77. The van der Waals surface area contributed by atoms with Crippen LogP contribution in [0.3, 0.4) is 0 Å². The molecule has 16 nitrogen and oxygen atoms in total.